The van der Waals surface area contributed by atoms with Gasteiger partial charge >= 0.3 is 0 Å². The molecule has 0 radical (unpaired) electrons. The Morgan fingerprint density at radius 1 is 1.14 bits per heavy atom. The maximum absolute atomic E-state index is 12.5. The van der Waals surface area contributed by atoms with E-state index in [1.807, 2.05) is 12.1 Å². The number of amides is 2. The summed E-state index contributed by atoms with van der Waals surface area (Å²) in [5.41, 5.74) is 6.93. The van der Waals surface area contributed by atoms with Crippen molar-refractivity contribution in [2.75, 3.05) is 10.6 Å². The highest BCUT2D eigenvalue weighted by Crippen LogP contribution is 2.34. The van der Waals surface area contributed by atoms with Crippen LogP contribution in [-0.4, -0.2) is 17.1 Å². The standard InChI is InChI=1S/C16H13ClN2O2S/c17-10-4-6-12(7-5-10)19-15(20)9-14(16(19)21)22-13-3-1-2-11(18)8-13/h1-8,14H,9,18H2/t14-/m0/s1. The number of imide groups is 1. The third kappa shape index (κ3) is 2.96. The molecule has 1 aliphatic heterocycles. The lowest BCUT2D eigenvalue weighted by Gasteiger charge is -2.15. The third-order valence-corrected chi connectivity index (χ3v) is 4.76. The van der Waals surface area contributed by atoms with Gasteiger partial charge in [0.05, 0.1) is 10.9 Å². The zero-order valence-corrected chi connectivity index (χ0v) is 13.1. The van der Waals surface area contributed by atoms with Gasteiger partial charge in [-0.3, -0.25) is 9.59 Å². The maximum Gasteiger partial charge on any atom is 0.247 e. The molecule has 4 nitrogen and oxygen atoms in total. The average Bonchev–Trinajstić information content (AvgIpc) is 2.75. The van der Waals surface area contributed by atoms with E-state index in [1.165, 1.54) is 16.7 Å². The molecule has 2 aromatic carbocycles. The van der Waals surface area contributed by atoms with Crippen molar-refractivity contribution < 1.29 is 9.59 Å². The number of nitrogens with two attached hydrogens (primary N) is 1. The second kappa shape index (κ2) is 6.02. The predicted octanol–water partition coefficient (Wildman–Crippen LogP) is 3.35. The van der Waals surface area contributed by atoms with Crippen LogP contribution in [0.15, 0.2) is 53.4 Å². The van der Waals surface area contributed by atoms with Crippen molar-refractivity contribution in [3.05, 3.63) is 53.6 Å². The molecule has 0 aliphatic carbocycles. The first-order valence-electron chi connectivity index (χ1n) is 6.69. The normalized spacial score (nSPS) is 18.0. The van der Waals surface area contributed by atoms with Crippen molar-refractivity contribution in [2.24, 2.45) is 0 Å². The Labute approximate surface area is 137 Å². The van der Waals surface area contributed by atoms with E-state index in [1.54, 1.807) is 36.4 Å². The van der Waals surface area contributed by atoms with Crippen molar-refractivity contribution in [3.8, 4) is 0 Å². The predicted molar refractivity (Wildman–Crippen MR) is 89.1 cm³/mol. The van der Waals surface area contributed by atoms with Crippen molar-refractivity contribution in [1.82, 2.24) is 0 Å². The molecule has 0 spiro atoms. The number of halogens is 1. The van der Waals surface area contributed by atoms with Gasteiger partial charge in [-0.15, -0.1) is 11.8 Å². The van der Waals surface area contributed by atoms with Crippen molar-refractivity contribution in [1.29, 1.82) is 0 Å². The first kappa shape index (κ1) is 14.9. The number of hydrogen-bond donors (Lipinski definition) is 1. The Kier molecular flexibility index (Phi) is 4.09. The van der Waals surface area contributed by atoms with Gasteiger partial charge < -0.3 is 5.73 Å². The monoisotopic (exact) mass is 332 g/mol. The number of carbonyl (C=O) groups excluding carboxylic acids is 2. The summed E-state index contributed by atoms with van der Waals surface area (Å²) >= 11 is 7.20. The van der Waals surface area contributed by atoms with Crippen LogP contribution in [0.25, 0.3) is 0 Å². The van der Waals surface area contributed by atoms with E-state index >= 15 is 0 Å². The van der Waals surface area contributed by atoms with Gasteiger partial charge in [0, 0.05) is 22.0 Å². The molecule has 6 heteroatoms. The Morgan fingerprint density at radius 2 is 1.86 bits per heavy atom. The lowest BCUT2D eigenvalue weighted by Crippen LogP contribution is -2.31. The highest BCUT2D eigenvalue weighted by molar-refractivity contribution is 8.00. The molecule has 3 rings (SSSR count). The van der Waals surface area contributed by atoms with Crippen LogP contribution in [0.4, 0.5) is 11.4 Å². The van der Waals surface area contributed by atoms with E-state index in [4.69, 9.17) is 17.3 Å². The highest BCUT2D eigenvalue weighted by atomic mass is 35.5. The number of rotatable bonds is 3. The molecule has 0 bridgehead atoms. The van der Waals surface area contributed by atoms with Crippen LogP contribution < -0.4 is 10.6 Å². The summed E-state index contributed by atoms with van der Waals surface area (Å²) in [5.74, 6) is -0.409. The fourth-order valence-corrected chi connectivity index (χ4v) is 3.56. The Hall–Kier alpha value is -1.98. The zero-order valence-electron chi connectivity index (χ0n) is 11.5. The molecule has 1 fully saturated rings. The second-order valence-electron chi connectivity index (χ2n) is 4.93. The molecule has 2 aromatic rings. The van der Waals surface area contributed by atoms with Gasteiger partial charge in [0.2, 0.25) is 11.8 Å². The van der Waals surface area contributed by atoms with Crippen molar-refractivity contribution in [2.45, 2.75) is 16.6 Å². The van der Waals surface area contributed by atoms with Gasteiger partial charge in [-0.25, -0.2) is 4.90 Å². The number of benzene rings is 2. The molecule has 0 saturated carbocycles. The Balaban J connectivity index is 1.81. The third-order valence-electron chi connectivity index (χ3n) is 3.33. The average molecular weight is 333 g/mol. The van der Waals surface area contributed by atoms with E-state index in [9.17, 15) is 9.59 Å². The summed E-state index contributed by atoms with van der Waals surface area (Å²) in [7, 11) is 0. The van der Waals surface area contributed by atoms with E-state index < -0.39 is 5.25 Å². The van der Waals surface area contributed by atoms with Crippen LogP contribution >= 0.6 is 23.4 Å². The van der Waals surface area contributed by atoms with Crippen LogP contribution in [0, 0.1) is 0 Å². The highest BCUT2D eigenvalue weighted by Gasteiger charge is 2.40. The molecule has 1 aliphatic rings. The van der Waals surface area contributed by atoms with Crippen molar-refractivity contribution in [3.63, 3.8) is 0 Å². The SMILES string of the molecule is Nc1cccc(S[C@H]2CC(=O)N(c3ccc(Cl)cc3)C2=O)c1. The van der Waals surface area contributed by atoms with E-state index in [0.717, 1.165) is 4.90 Å². The summed E-state index contributed by atoms with van der Waals surface area (Å²) in [6.45, 7) is 0. The van der Waals surface area contributed by atoms with Gasteiger partial charge in [0.1, 0.15) is 0 Å². The second-order valence-corrected chi connectivity index (χ2v) is 6.64. The lowest BCUT2D eigenvalue weighted by molar-refractivity contribution is -0.121. The molecular formula is C16H13ClN2O2S. The molecule has 1 atom stereocenters. The lowest BCUT2D eigenvalue weighted by atomic mass is 10.3. The Bertz CT molecular complexity index is 733. The number of nitrogen functional groups attached to an aromatic ring is 1. The van der Waals surface area contributed by atoms with Crippen LogP contribution in [0.2, 0.25) is 5.02 Å². The molecule has 112 valence electrons. The zero-order chi connectivity index (χ0) is 15.7. The Morgan fingerprint density at radius 3 is 2.55 bits per heavy atom. The number of hydrogen-bond acceptors (Lipinski definition) is 4. The van der Waals surface area contributed by atoms with Crippen LogP contribution in [0.5, 0.6) is 0 Å². The van der Waals surface area contributed by atoms with Crippen LogP contribution in [0.1, 0.15) is 6.42 Å². The topological polar surface area (TPSA) is 63.4 Å². The quantitative estimate of drug-likeness (QED) is 0.691. The molecule has 1 heterocycles. The molecule has 0 unspecified atom stereocenters. The molecule has 2 N–H and O–H groups in total. The van der Waals surface area contributed by atoms with E-state index in [-0.39, 0.29) is 18.2 Å². The summed E-state index contributed by atoms with van der Waals surface area (Å²) in [6, 6.07) is 14.0. The minimum atomic E-state index is -0.426. The van der Waals surface area contributed by atoms with Crippen LogP contribution in [-0.2, 0) is 9.59 Å². The minimum Gasteiger partial charge on any atom is -0.399 e. The molecule has 22 heavy (non-hydrogen) atoms. The van der Waals surface area contributed by atoms with Gasteiger partial charge in [0.25, 0.3) is 0 Å². The first-order chi connectivity index (χ1) is 10.5. The first-order valence-corrected chi connectivity index (χ1v) is 7.95. The fraction of sp³-hybridized carbons (Fsp3) is 0.125. The summed E-state index contributed by atoms with van der Waals surface area (Å²) in [5, 5.41) is 0.138. The number of anilines is 2. The number of carbonyl (C=O) groups is 2. The van der Waals surface area contributed by atoms with Gasteiger partial charge in [-0.05, 0) is 42.5 Å². The number of nitrogens with zero attached hydrogens (tertiary/aromatic N) is 1. The fourth-order valence-electron chi connectivity index (χ4n) is 2.31. The van der Waals surface area contributed by atoms with Crippen LogP contribution in [0.3, 0.4) is 0 Å². The summed E-state index contributed by atoms with van der Waals surface area (Å²) in [4.78, 5) is 26.8. The molecule has 1 saturated heterocycles. The summed E-state index contributed by atoms with van der Waals surface area (Å²) in [6.07, 6.45) is 0.181. The number of thioether (sulfide) groups is 1. The van der Waals surface area contributed by atoms with Gasteiger partial charge in [0.15, 0.2) is 0 Å². The van der Waals surface area contributed by atoms with E-state index in [2.05, 4.69) is 0 Å². The smallest absolute Gasteiger partial charge is 0.247 e. The largest absolute Gasteiger partial charge is 0.399 e. The molecule has 2 amide bonds. The minimum absolute atomic E-state index is 0.181. The summed E-state index contributed by atoms with van der Waals surface area (Å²) < 4.78 is 0. The van der Waals surface area contributed by atoms with Gasteiger partial charge in [-0.2, -0.15) is 0 Å². The van der Waals surface area contributed by atoms with E-state index in [0.29, 0.717) is 16.4 Å². The molecule has 0 aromatic heterocycles. The van der Waals surface area contributed by atoms with Crippen molar-refractivity contribution >= 4 is 46.6 Å². The maximum atomic E-state index is 12.5. The molecular weight excluding hydrogens is 320 g/mol. The van der Waals surface area contributed by atoms with Gasteiger partial charge in [-0.1, -0.05) is 17.7 Å².